The molecule has 0 aliphatic heterocycles. The van der Waals surface area contributed by atoms with Gasteiger partial charge in [-0.1, -0.05) is 25.1 Å². The molecule has 0 spiro atoms. The summed E-state index contributed by atoms with van der Waals surface area (Å²) in [5.41, 5.74) is 2.52. The summed E-state index contributed by atoms with van der Waals surface area (Å²) in [6.07, 6.45) is 2.92. The second-order valence-electron chi connectivity index (χ2n) is 6.35. The molecule has 0 amide bonds. The van der Waals surface area contributed by atoms with Crippen molar-refractivity contribution >= 4 is 10.9 Å². The van der Waals surface area contributed by atoms with E-state index >= 15 is 0 Å². The van der Waals surface area contributed by atoms with E-state index in [2.05, 4.69) is 74.3 Å². The molecule has 1 aromatic heterocycles. The van der Waals surface area contributed by atoms with Crippen LogP contribution in [-0.2, 0) is 6.42 Å². The third kappa shape index (κ3) is 3.42. The number of rotatable bonds is 6. The Morgan fingerprint density at radius 2 is 1.90 bits per heavy atom. The molecule has 1 unspecified atom stereocenters. The molecule has 3 nitrogen and oxygen atoms in total. The van der Waals surface area contributed by atoms with E-state index < -0.39 is 0 Å². The van der Waals surface area contributed by atoms with E-state index in [0.29, 0.717) is 6.04 Å². The standard InChI is InChI=1S/C18H27N3/c1-6-19-17(18(2,3)21(4)5)13-14-11-12-20-16-10-8-7-9-15(14)16/h7-12,17,19H,6,13H2,1-5H3. The van der Waals surface area contributed by atoms with Gasteiger partial charge in [-0.2, -0.15) is 0 Å². The van der Waals surface area contributed by atoms with Gasteiger partial charge in [-0.05, 0) is 58.6 Å². The smallest absolute Gasteiger partial charge is 0.0704 e. The van der Waals surface area contributed by atoms with Crippen LogP contribution >= 0.6 is 0 Å². The van der Waals surface area contributed by atoms with Crippen LogP contribution in [0.25, 0.3) is 10.9 Å². The van der Waals surface area contributed by atoms with Crippen molar-refractivity contribution in [3.05, 3.63) is 42.1 Å². The Hall–Kier alpha value is -1.45. The zero-order valence-electron chi connectivity index (χ0n) is 13.9. The lowest BCUT2D eigenvalue weighted by molar-refractivity contribution is 0.138. The number of fused-ring (bicyclic) bond motifs is 1. The average Bonchev–Trinajstić information content (AvgIpc) is 2.47. The predicted octanol–water partition coefficient (Wildman–Crippen LogP) is 3.10. The van der Waals surface area contributed by atoms with Crippen molar-refractivity contribution in [2.45, 2.75) is 38.8 Å². The van der Waals surface area contributed by atoms with Gasteiger partial charge in [0.15, 0.2) is 0 Å². The maximum absolute atomic E-state index is 4.46. The lowest BCUT2D eigenvalue weighted by atomic mass is 9.87. The molecule has 2 aromatic rings. The van der Waals surface area contributed by atoms with Crippen molar-refractivity contribution in [2.24, 2.45) is 0 Å². The molecule has 0 saturated heterocycles. The molecule has 0 aliphatic rings. The summed E-state index contributed by atoms with van der Waals surface area (Å²) in [4.78, 5) is 6.76. The average molecular weight is 285 g/mol. The highest BCUT2D eigenvalue weighted by molar-refractivity contribution is 5.81. The lowest BCUT2D eigenvalue weighted by Gasteiger charge is -2.41. The molecule has 21 heavy (non-hydrogen) atoms. The van der Waals surface area contributed by atoms with Gasteiger partial charge in [0.2, 0.25) is 0 Å². The predicted molar refractivity (Wildman–Crippen MR) is 90.7 cm³/mol. The van der Waals surface area contributed by atoms with Crippen molar-refractivity contribution in [3.63, 3.8) is 0 Å². The fraction of sp³-hybridized carbons (Fsp3) is 0.500. The molecule has 1 N–H and O–H groups in total. The van der Waals surface area contributed by atoms with Gasteiger partial charge in [0.05, 0.1) is 5.52 Å². The van der Waals surface area contributed by atoms with Crippen LogP contribution in [0.4, 0.5) is 0 Å². The first-order valence-corrected chi connectivity index (χ1v) is 7.70. The zero-order chi connectivity index (χ0) is 15.5. The second kappa shape index (κ2) is 6.54. The summed E-state index contributed by atoms with van der Waals surface area (Å²) in [6, 6.07) is 10.9. The molecule has 3 heteroatoms. The Kier molecular flexibility index (Phi) is 4.96. The SMILES string of the molecule is CCNC(Cc1ccnc2ccccc12)C(C)(C)N(C)C. The maximum Gasteiger partial charge on any atom is 0.0704 e. The first-order chi connectivity index (χ1) is 9.96. The van der Waals surface area contributed by atoms with Crippen LogP contribution in [0, 0.1) is 0 Å². The molecule has 1 heterocycles. The number of nitrogens with zero attached hydrogens (tertiary/aromatic N) is 2. The number of likely N-dealkylation sites (N-methyl/N-ethyl adjacent to an activating group) is 2. The molecule has 1 atom stereocenters. The van der Waals surface area contributed by atoms with E-state index in [-0.39, 0.29) is 5.54 Å². The third-order valence-electron chi connectivity index (χ3n) is 4.62. The normalized spacial score (nSPS) is 13.8. The maximum atomic E-state index is 4.46. The number of benzene rings is 1. The highest BCUT2D eigenvalue weighted by Crippen LogP contribution is 2.23. The van der Waals surface area contributed by atoms with E-state index in [4.69, 9.17) is 0 Å². The zero-order valence-corrected chi connectivity index (χ0v) is 13.9. The van der Waals surface area contributed by atoms with E-state index in [1.165, 1.54) is 10.9 Å². The number of aromatic nitrogens is 1. The summed E-state index contributed by atoms with van der Waals surface area (Å²) in [6.45, 7) is 7.74. The summed E-state index contributed by atoms with van der Waals surface area (Å²) >= 11 is 0. The quantitative estimate of drug-likeness (QED) is 0.884. The largest absolute Gasteiger partial charge is 0.312 e. The van der Waals surface area contributed by atoms with Crippen molar-refractivity contribution < 1.29 is 0 Å². The van der Waals surface area contributed by atoms with Gasteiger partial charge in [0.25, 0.3) is 0 Å². The minimum absolute atomic E-state index is 0.0837. The van der Waals surface area contributed by atoms with Crippen molar-refractivity contribution in [3.8, 4) is 0 Å². The monoisotopic (exact) mass is 285 g/mol. The minimum atomic E-state index is 0.0837. The minimum Gasteiger partial charge on any atom is -0.312 e. The third-order valence-corrected chi connectivity index (χ3v) is 4.62. The van der Waals surface area contributed by atoms with Gasteiger partial charge in [-0.15, -0.1) is 0 Å². The highest BCUT2D eigenvalue weighted by Gasteiger charge is 2.31. The number of para-hydroxylation sites is 1. The van der Waals surface area contributed by atoms with Gasteiger partial charge in [0, 0.05) is 23.2 Å². The fourth-order valence-electron chi connectivity index (χ4n) is 2.68. The number of pyridine rings is 1. The Bertz CT molecular complexity index is 585. The number of hydrogen-bond donors (Lipinski definition) is 1. The number of nitrogens with one attached hydrogen (secondary N) is 1. The summed E-state index contributed by atoms with van der Waals surface area (Å²) < 4.78 is 0. The lowest BCUT2D eigenvalue weighted by Crippen LogP contribution is -2.56. The van der Waals surface area contributed by atoms with Crippen LogP contribution in [-0.4, -0.2) is 42.1 Å². The Morgan fingerprint density at radius 3 is 2.57 bits per heavy atom. The van der Waals surface area contributed by atoms with E-state index in [0.717, 1.165) is 18.5 Å². The molecule has 0 radical (unpaired) electrons. The molecule has 0 aliphatic carbocycles. The molecule has 0 bridgehead atoms. The molecule has 114 valence electrons. The van der Waals surface area contributed by atoms with Gasteiger partial charge >= 0.3 is 0 Å². The molecule has 1 aromatic carbocycles. The van der Waals surface area contributed by atoms with E-state index in [1.807, 2.05) is 12.3 Å². The first kappa shape index (κ1) is 15.9. The highest BCUT2D eigenvalue weighted by atomic mass is 15.2. The summed E-state index contributed by atoms with van der Waals surface area (Å²) in [7, 11) is 4.30. The second-order valence-corrected chi connectivity index (χ2v) is 6.35. The Morgan fingerprint density at radius 1 is 1.19 bits per heavy atom. The van der Waals surface area contributed by atoms with Crippen LogP contribution < -0.4 is 5.32 Å². The van der Waals surface area contributed by atoms with Crippen LogP contribution in [0.1, 0.15) is 26.3 Å². The summed E-state index contributed by atoms with van der Waals surface area (Å²) in [5, 5.41) is 4.92. The van der Waals surface area contributed by atoms with Crippen molar-refractivity contribution in [2.75, 3.05) is 20.6 Å². The van der Waals surface area contributed by atoms with Crippen molar-refractivity contribution in [1.82, 2.24) is 15.2 Å². The van der Waals surface area contributed by atoms with Gasteiger partial charge in [-0.25, -0.2) is 0 Å². The first-order valence-electron chi connectivity index (χ1n) is 7.70. The number of hydrogen-bond acceptors (Lipinski definition) is 3. The van der Waals surface area contributed by atoms with Crippen LogP contribution in [0.3, 0.4) is 0 Å². The van der Waals surface area contributed by atoms with Gasteiger partial charge < -0.3 is 10.2 Å². The van der Waals surface area contributed by atoms with Crippen LogP contribution in [0.2, 0.25) is 0 Å². The molecule has 0 saturated carbocycles. The van der Waals surface area contributed by atoms with Crippen LogP contribution in [0.15, 0.2) is 36.5 Å². The molecule has 0 fully saturated rings. The van der Waals surface area contributed by atoms with E-state index in [1.54, 1.807) is 0 Å². The van der Waals surface area contributed by atoms with Crippen LogP contribution in [0.5, 0.6) is 0 Å². The molecule has 2 rings (SSSR count). The van der Waals surface area contributed by atoms with E-state index in [9.17, 15) is 0 Å². The van der Waals surface area contributed by atoms with Gasteiger partial charge in [-0.3, -0.25) is 4.98 Å². The Balaban J connectivity index is 2.35. The van der Waals surface area contributed by atoms with Crippen molar-refractivity contribution in [1.29, 1.82) is 0 Å². The fourth-order valence-corrected chi connectivity index (χ4v) is 2.68. The molecular weight excluding hydrogens is 258 g/mol. The molecular formula is C18H27N3. The Labute approximate surface area is 128 Å². The van der Waals surface area contributed by atoms with Gasteiger partial charge in [0.1, 0.15) is 0 Å². The summed E-state index contributed by atoms with van der Waals surface area (Å²) in [5.74, 6) is 0. The topological polar surface area (TPSA) is 28.2 Å².